The lowest BCUT2D eigenvalue weighted by molar-refractivity contribution is 0.450. The summed E-state index contributed by atoms with van der Waals surface area (Å²) >= 11 is 0. The van der Waals surface area contributed by atoms with Crippen molar-refractivity contribution < 1.29 is 17.6 Å². The predicted octanol–water partition coefficient (Wildman–Crippen LogP) is 5.81. The minimum absolute atomic E-state index is 0.202. The van der Waals surface area contributed by atoms with Crippen LogP contribution in [-0.4, -0.2) is 8.07 Å². The molecule has 0 radical (unpaired) electrons. The van der Waals surface area contributed by atoms with Crippen molar-refractivity contribution >= 4 is 8.07 Å². The summed E-state index contributed by atoms with van der Waals surface area (Å²) < 4.78 is 54.1. The van der Waals surface area contributed by atoms with Crippen molar-refractivity contribution in [2.75, 3.05) is 0 Å². The molecule has 0 saturated carbocycles. The van der Waals surface area contributed by atoms with Gasteiger partial charge in [-0.15, -0.1) is 5.54 Å². The first-order valence-electron chi connectivity index (χ1n) is 7.41. The van der Waals surface area contributed by atoms with Gasteiger partial charge in [0, 0.05) is 6.07 Å². The molecule has 1 aromatic carbocycles. The lowest BCUT2D eigenvalue weighted by atomic mass is 10.2. The Kier molecular flexibility index (Phi) is 5.86. The van der Waals surface area contributed by atoms with Gasteiger partial charge in [-0.1, -0.05) is 47.5 Å². The van der Waals surface area contributed by atoms with Gasteiger partial charge in [0.2, 0.25) is 0 Å². The zero-order valence-electron chi connectivity index (χ0n) is 13.8. The maximum absolute atomic E-state index is 13.8. The van der Waals surface area contributed by atoms with Gasteiger partial charge in [0.05, 0.1) is 0 Å². The fourth-order valence-electron chi connectivity index (χ4n) is 3.29. The normalized spacial score (nSPS) is 12.0. The van der Waals surface area contributed by atoms with Gasteiger partial charge in [-0.25, -0.2) is 17.6 Å². The van der Waals surface area contributed by atoms with Crippen molar-refractivity contribution in [1.82, 2.24) is 0 Å². The van der Waals surface area contributed by atoms with Crippen molar-refractivity contribution in [3.8, 4) is 11.5 Å². The van der Waals surface area contributed by atoms with Gasteiger partial charge in [0.25, 0.3) is 0 Å². The summed E-state index contributed by atoms with van der Waals surface area (Å²) in [5.74, 6) is -3.27. The highest BCUT2D eigenvalue weighted by Crippen LogP contribution is 2.40. The summed E-state index contributed by atoms with van der Waals surface area (Å²) in [5.41, 5.74) is 3.01. The minimum atomic E-state index is -2.23. The maximum Gasteiger partial charge on any atom is 0.177 e. The smallest absolute Gasteiger partial charge is 0.177 e. The predicted molar refractivity (Wildman–Crippen MR) is 84.2 cm³/mol. The standard InChI is InChI=1S/C17H22F4Si/c1-10(2)22(11(3)4,12(5)6)8-7-13-16(20)14(18)9-15(19)17(13)21/h9-12H,1-6H3. The van der Waals surface area contributed by atoms with E-state index in [2.05, 4.69) is 11.5 Å². The Bertz CT molecular complexity index is 561. The minimum Gasteiger partial charge on any atom is -0.204 e. The van der Waals surface area contributed by atoms with Crippen molar-refractivity contribution in [3.63, 3.8) is 0 Å². The molecule has 5 heteroatoms. The molecule has 0 aromatic heterocycles. The van der Waals surface area contributed by atoms with Gasteiger partial charge >= 0.3 is 0 Å². The molecule has 1 aromatic rings. The molecular formula is C17H22F4Si. The van der Waals surface area contributed by atoms with Crippen LogP contribution in [0.3, 0.4) is 0 Å². The molecule has 0 atom stereocenters. The van der Waals surface area contributed by atoms with Gasteiger partial charge in [-0.2, -0.15) is 0 Å². The van der Waals surface area contributed by atoms with Gasteiger partial charge in [0.1, 0.15) is 13.6 Å². The van der Waals surface area contributed by atoms with E-state index in [-0.39, 0.29) is 22.7 Å². The maximum atomic E-state index is 13.8. The number of benzene rings is 1. The van der Waals surface area contributed by atoms with Gasteiger partial charge < -0.3 is 0 Å². The van der Waals surface area contributed by atoms with E-state index < -0.39 is 36.9 Å². The second-order valence-corrected chi connectivity index (χ2v) is 12.1. The highest BCUT2D eigenvalue weighted by Gasteiger charge is 2.41. The van der Waals surface area contributed by atoms with Crippen LogP contribution in [0.4, 0.5) is 17.6 Å². The molecule has 22 heavy (non-hydrogen) atoms. The van der Waals surface area contributed by atoms with Crippen LogP contribution in [0.5, 0.6) is 0 Å². The fraction of sp³-hybridized carbons (Fsp3) is 0.529. The van der Waals surface area contributed by atoms with Crippen LogP contribution in [0.1, 0.15) is 47.1 Å². The van der Waals surface area contributed by atoms with E-state index in [0.717, 1.165) is 0 Å². The number of hydrogen-bond acceptors (Lipinski definition) is 0. The van der Waals surface area contributed by atoms with E-state index in [1.165, 1.54) is 0 Å². The zero-order chi connectivity index (χ0) is 17.2. The quantitative estimate of drug-likeness (QED) is 0.284. The number of halogens is 4. The number of hydrogen-bond donors (Lipinski definition) is 0. The third-order valence-electron chi connectivity index (χ3n) is 4.38. The lowest BCUT2D eigenvalue weighted by Gasteiger charge is -2.38. The molecule has 1 rings (SSSR count). The summed E-state index contributed by atoms with van der Waals surface area (Å²) in [5, 5.41) is 0. The first-order valence-corrected chi connectivity index (χ1v) is 9.65. The molecular weight excluding hydrogens is 308 g/mol. The topological polar surface area (TPSA) is 0 Å². The molecule has 0 N–H and O–H groups in total. The number of rotatable bonds is 3. The molecule has 0 saturated heterocycles. The summed E-state index contributed by atoms with van der Waals surface area (Å²) in [6.45, 7) is 12.2. The van der Waals surface area contributed by atoms with Crippen LogP contribution in [0.25, 0.3) is 0 Å². The molecule has 0 spiro atoms. The van der Waals surface area contributed by atoms with Crippen LogP contribution in [0, 0.1) is 34.7 Å². The summed E-state index contributed by atoms with van der Waals surface area (Å²) in [6.07, 6.45) is 0. The summed E-state index contributed by atoms with van der Waals surface area (Å²) in [4.78, 5) is 0. The Morgan fingerprint density at radius 3 is 1.45 bits per heavy atom. The van der Waals surface area contributed by atoms with Crippen LogP contribution in [0.15, 0.2) is 6.07 Å². The monoisotopic (exact) mass is 330 g/mol. The Morgan fingerprint density at radius 1 is 0.773 bits per heavy atom. The molecule has 0 aliphatic heterocycles. The lowest BCUT2D eigenvalue weighted by Crippen LogP contribution is -2.43. The Balaban J connectivity index is 3.56. The summed E-state index contributed by atoms with van der Waals surface area (Å²) in [7, 11) is -2.23. The van der Waals surface area contributed by atoms with Crippen LogP contribution in [0.2, 0.25) is 16.6 Å². The van der Waals surface area contributed by atoms with Crippen LogP contribution >= 0.6 is 0 Å². The highest BCUT2D eigenvalue weighted by molar-refractivity contribution is 6.90. The van der Waals surface area contributed by atoms with Crippen molar-refractivity contribution in [3.05, 3.63) is 34.9 Å². The molecule has 0 fully saturated rings. The molecule has 0 nitrogen and oxygen atoms in total. The molecule has 0 heterocycles. The fourth-order valence-corrected chi connectivity index (χ4v) is 8.49. The third-order valence-corrected chi connectivity index (χ3v) is 10.7. The molecule has 0 unspecified atom stereocenters. The Morgan fingerprint density at radius 2 is 1.14 bits per heavy atom. The molecule has 0 aliphatic rings. The molecule has 0 aliphatic carbocycles. The zero-order valence-corrected chi connectivity index (χ0v) is 14.8. The van der Waals surface area contributed by atoms with E-state index in [9.17, 15) is 17.6 Å². The first kappa shape index (κ1) is 18.8. The highest BCUT2D eigenvalue weighted by atomic mass is 28.3. The Labute approximate surface area is 130 Å². The van der Waals surface area contributed by atoms with Crippen LogP contribution in [-0.2, 0) is 0 Å². The van der Waals surface area contributed by atoms with Crippen molar-refractivity contribution in [2.45, 2.75) is 58.2 Å². The first-order chi connectivity index (χ1) is 10.1. The van der Waals surface area contributed by atoms with E-state index in [0.29, 0.717) is 0 Å². The second kappa shape index (κ2) is 6.87. The van der Waals surface area contributed by atoms with Gasteiger partial charge in [-0.05, 0) is 16.6 Å². The molecule has 0 amide bonds. The van der Waals surface area contributed by atoms with Crippen molar-refractivity contribution in [2.24, 2.45) is 0 Å². The van der Waals surface area contributed by atoms with Crippen molar-refractivity contribution in [1.29, 1.82) is 0 Å². The van der Waals surface area contributed by atoms with Gasteiger partial charge in [0.15, 0.2) is 23.3 Å². The molecule has 0 bridgehead atoms. The average Bonchev–Trinajstić information content (AvgIpc) is 2.39. The SMILES string of the molecule is CC(C)[Si](C#Cc1c(F)c(F)cc(F)c1F)(C(C)C)C(C)C. The van der Waals surface area contributed by atoms with Crippen LogP contribution < -0.4 is 0 Å². The van der Waals surface area contributed by atoms with E-state index in [1.54, 1.807) is 0 Å². The van der Waals surface area contributed by atoms with E-state index >= 15 is 0 Å². The van der Waals surface area contributed by atoms with E-state index in [4.69, 9.17) is 0 Å². The van der Waals surface area contributed by atoms with E-state index in [1.807, 2.05) is 41.5 Å². The average molecular weight is 330 g/mol. The third kappa shape index (κ3) is 3.22. The molecule has 122 valence electrons. The van der Waals surface area contributed by atoms with Gasteiger partial charge in [-0.3, -0.25) is 0 Å². The second-order valence-electron chi connectivity index (χ2n) is 6.49. The largest absolute Gasteiger partial charge is 0.204 e. The summed E-state index contributed by atoms with van der Waals surface area (Å²) in [6, 6.07) is 0.202. The Hall–Kier alpha value is -1.28.